The Morgan fingerprint density at radius 3 is 2.70 bits per heavy atom. The van der Waals surface area contributed by atoms with E-state index in [9.17, 15) is 4.79 Å². The van der Waals surface area contributed by atoms with Gasteiger partial charge in [0.15, 0.2) is 0 Å². The summed E-state index contributed by atoms with van der Waals surface area (Å²) in [4.78, 5) is 12.1. The fourth-order valence-corrected chi connectivity index (χ4v) is 1.99. The lowest BCUT2D eigenvalue weighted by atomic mass is 10.1. The van der Waals surface area contributed by atoms with Crippen LogP contribution < -0.4 is 15.8 Å². The third-order valence-corrected chi connectivity index (χ3v) is 3.11. The van der Waals surface area contributed by atoms with Gasteiger partial charge in [-0.3, -0.25) is 4.79 Å². The lowest BCUT2D eigenvalue weighted by Crippen LogP contribution is -2.15. The molecule has 2 aromatic carbocycles. The van der Waals surface area contributed by atoms with Gasteiger partial charge < -0.3 is 15.8 Å². The van der Waals surface area contributed by atoms with Gasteiger partial charge in [-0.05, 0) is 30.2 Å². The number of hydrogen-bond donors (Lipinski definition) is 2. The molecule has 0 saturated carbocycles. The molecule has 0 unspecified atom stereocenters. The van der Waals surface area contributed by atoms with Gasteiger partial charge in [0.2, 0.25) is 5.91 Å². The van der Waals surface area contributed by atoms with Crippen LogP contribution in [0.2, 0.25) is 0 Å². The van der Waals surface area contributed by atoms with Crippen LogP contribution in [-0.4, -0.2) is 13.0 Å². The number of aryl methyl sites for hydroxylation is 1. The van der Waals surface area contributed by atoms with Gasteiger partial charge in [0.1, 0.15) is 5.75 Å². The summed E-state index contributed by atoms with van der Waals surface area (Å²) in [5, 5.41) is 2.84. The Balaban J connectivity index is 2.11. The highest BCUT2D eigenvalue weighted by atomic mass is 16.5. The number of nitrogens with two attached hydrogens (primary N) is 1. The molecule has 0 saturated heterocycles. The highest BCUT2D eigenvalue weighted by molar-refractivity contribution is 5.94. The summed E-state index contributed by atoms with van der Waals surface area (Å²) in [7, 11) is 1.55. The van der Waals surface area contributed by atoms with Crippen molar-refractivity contribution in [1.29, 1.82) is 0 Å². The van der Waals surface area contributed by atoms with Gasteiger partial charge in [-0.15, -0.1) is 0 Å². The second-order valence-electron chi connectivity index (χ2n) is 4.61. The molecule has 1 amide bonds. The number of ether oxygens (including phenoxy) is 1. The molecule has 0 aliphatic heterocycles. The van der Waals surface area contributed by atoms with E-state index in [-0.39, 0.29) is 5.91 Å². The fourth-order valence-electron chi connectivity index (χ4n) is 1.99. The average molecular weight is 270 g/mol. The van der Waals surface area contributed by atoms with Crippen LogP contribution in [0.5, 0.6) is 5.75 Å². The molecule has 0 aromatic heterocycles. The molecule has 0 aliphatic rings. The molecule has 0 bridgehead atoms. The molecule has 0 radical (unpaired) electrons. The van der Waals surface area contributed by atoms with E-state index < -0.39 is 0 Å². The summed E-state index contributed by atoms with van der Waals surface area (Å²) < 4.78 is 5.21. The summed E-state index contributed by atoms with van der Waals surface area (Å²) in [6.07, 6.45) is 0.334. The predicted molar refractivity (Wildman–Crippen MR) is 80.9 cm³/mol. The van der Waals surface area contributed by atoms with Crippen molar-refractivity contribution in [2.45, 2.75) is 13.3 Å². The number of anilines is 2. The number of nitrogen functional groups attached to an aromatic ring is 1. The highest BCUT2D eigenvalue weighted by Gasteiger charge is 2.09. The Hall–Kier alpha value is -2.49. The van der Waals surface area contributed by atoms with Gasteiger partial charge in [-0.2, -0.15) is 0 Å². The monoisotopic (exact) mass is 270 g/mol. The number of nitrogens with one attached hydrogen (secondary N) is 1. The lowest BCUT2D eigenvalue weighted by Gasteiger charge is -2.11. The Kier molecular flexibility index (Phi) is 4.25. The first-order valence-electron chi connectivity index (χ1n) is 6.38. The van der Waals surface area contributed by atoms with Crippen LogP contribution in [0.15, 0.2) is 42.5 Å². The molecule has 0 atom stereocenters. The third kappa shape index (κ3) is 3.29. The molecule has 0 spiro atoms. The van der Waals surface area contributed by atoms with Crippen LogP contribution in [0.3, 0.4) is 0 Å². The largest absolute Gasteiger partial charge is 0.494 e. The Bertz CT molecular complexity index is 624. The zero-order valence-electron chi connectivity index (χ0n) is 11.6. The molecule has 0 heterocycles. The summed E-state index contributed by atoms with van der Waals surface area (Å²) in [5.74, 6) is 0.477. The zero-order chi connectivity index (χ0) is 14.5. The van der Waals surface area contributed by atoms with Gasteiger partial charge >= 0.3 is 0 Å². The van der Waals surface area contributed by atoms with Gasteiger partial charge in [-0.25, -0.2) is 0 Å². The summed E-state index contributed by atoms with van der Waals surface area (Å²) >= 11 is 0. The van der Waals surface area contributed by atoms with Gasteiger partial charge in [0.05, 0.1) is 19.2 Å². The molecule has 0 aliphatic carbocycles. The standard InChI is InChI=1S/C16H18N2O2/c1-11-5-3-4-6-12(11)9-16(19)18-14-8-7-13(17)10-15(14)20-2/h3-8,10H,9,17H2,1-2H3,(H,18,19). The normalized spacial score (nSPS) is 10.1. The van der Waals surface area contributed by atoms with Gasteiger partial charge in [0.25, 0.3) is 0 Å². The van der Waals surface area contributed by atoms with E-state index in [1.54, 1.807) is 25.3 Å². The third-order valence-electron chi connectivity index (χ3n) is 3.11. The van der Waals surface area contributed by atoms with Crippen molar-refractivity contribution < 1.29 is 9.53 Å². The number of carbonyl (C=O) groups excluding carboxylic acids is 1. The maximum absolute atomic E-state index is 12.1. The number of methoxy groups -OCH3 is 1. The second-order valence-corrected chi connectivity index (χ2v) is 4.61. The molecule has 2 aromatic rings. The Morgan fingerprint density at radius 1 is 1.25 bits per heavy atom. The lowest BCUT2D eigenvalue weighted by molar-refractivity contribution is -0.115. The molecule has 3 N–H and O–H groups in total. The molecule has 104 valence electrons. The van der Waals surface area contributed by atoms with E-state index in [2.05, 4.69) is 5.32 Å². The first-order chi connectivity index (χ1) is 9.60. The van der Waals surface area contributed by atoms with E-state index in [4.69, 9.17) is 10.5 Å². The molecule has 0 fully saturated rings. The van der Waals surface area contributed by atoms with E-state index >= 15 is 0 Å². The summed E-state index contributed by atoms with van der Waals surface area (Å²) in [5.41, 5.74) is 9.02. The number of amides is 1. The van der Waals surface area contributed by atoms with Crippen molar-refractivity contribution in [1.82, 2.24) is 0 Å². The fraction of sp³-hybridized carbons (Fsp3) is 0.188. The molecular weight excluding hydrogens is 252 g/mol. The number of rotatable bonds is 4. The van der Waals surface area contributed by atoms with Crippen LogP contribution >= 0.6 is 0 Å². The highest BCUT2D eigenvalue weighted by Crippen LogP contribution is 2.26. The minimum absolute atomic E-state index is 0.0811. The Morgan fingerprint density at radius 2 is 2.00 bits per heavy atom. The van der Waals surface area contributed by atoms with E-state index in [1.807, 2.05) is 31.2 Å². The molecule has 4 nitrogen and oxygen atoms in total. The summed E-state index contributed by atoms with van der Waals surface area (Å²) in [6, 6.07) is 13.0. The predicted octanol–water partition coefficient (Wildman–Crippen LogP) is 2.77. The van der Waals surface area contributed by atoms with Crippen molar-refractivity contribution in [3.8, 4) is 5.75 Å². The Labute approximate surface area is 118 Å². The van der Waals surface area contributed by atoms with Crippen LogP contribution in [0.25, 0.3) is 0 Å². The SMILES string of the molecule is COc1cc(N)ccc1NC(=O)Cc1ccccc1C. The van der Waals surface area contributed by atoms with E-state index in [0.717, 1.165) is 11.1 Å². The van der Waals surface area contributed by atoms with Crippen LogP contribution in [0.4, 0.5) is 11.4 Å². The van der Waals surface area contributed by atoms with Crippen molar-refractivity contribution in [3.05, 3.63) is 53.6 Å². The minimum atomic E-state index is -0.0811. The van der Waals surface area contributed by atoms with E-state index in [0.29, 0.717) is 23.5 Å². The van der Waals surface area contributed by atoms with Gasteiger partial charge in [-0.1, -0.05) is 24.3 Å². The van der Waals surface area contributed by atoms with Crippen molar-refractivity contribution in [2.24, 2.45) is 0 Å². The van der Waals surface area contributed by atoms with Crippen LogP contribution in [0, 0.1) is 6.92 Å². The maximum atomic E-state index is 12.1. The smallest absolute Gasteiger partial charge is 0.228 e. The van der Waals surface area contributed by atoms with Gasteiger partial charge in [0, 0.05) is 11.8 Å². The van der Waals surface area contributed by atoms with Crippen molar-refractivity contribution >= 4 is 17.3 Å². The number of hydrogen-bond acceptors (Lipinski definition) is 3. The van der Waals surface area contributed by atoms with Crippen LogP contribution in [-0.2, 0) is 11.2 Å². The first-order valence-corrected chi connectivity index (χ1v) is 6.38. The summed E-state index contributed by atoms with van der Waals surface area (Å²) in [6.45, 7) is 1.99. The molecular formula is C16H18N2O2. The molecule has 4 heteroatoms. The maximum Gasteiger partial charge on any atom is 0.228 e. The molecule has 2 rings (SSSR count). The zero-order valence-corrected chi connectivity index (χ0v) is 11.6. The number of carbonyl (C=O) groups is 1. The van der Waals surface area contributed by atoms with E-state index in [1.165, 1.54) is 0 Å². The second kappa shape index (κ2) is 6.10. The van der Waals surface area contributed by atoms with Crippen molar-refractivity contribution in [2.75, 3.05) is 18.2 Å². The topological polar surface area (TPSA) is 64.3 Å². The van der Waals surface area contributed by atoms with Crippen LogP contribution in [0.1, 0.15) is 11.1 Å². The minimum Gasteiger partial charge on any atom is -0.494 e. The molecule has 20 heavy (non-hydrogen) atoms. The first kappa shape index (κ1) is 13.9. The number of benzene rings is 2. The quantitative estimate of drug-likeness (QED) is 0.840. The average Bonchev–Trinajstić information content (AvgIpc) is 2.43. The van der Waals surface area contributed by atoms with Crippen molar-refractivity contribution in [3.63, 3.8) is 0 Å².